The van der Waals surface area contributed by atoms with Crippen molar-refractivity contribution in [3.63, 3.8) is 0 Å². The third kappa shape index (κ3) is 3.90. The molecule has 1 aromatic carbocycles. The molecule has 3 nitrogen and oxygen atoms in total. The van der Waals surface area contributed by atoms with Crippen LogP contribution in [0.4, 0.5) is 5.69 Å². The van der Waals surface area contributed by atoms with Crippen molar-refractivity contribution >= 4 is 5.69 Å². The van der Waals surface area contributed by atoms with Crippen LogP contribution >= 0.6 is 0 Å². The van der Waals surface area contributed by atoms with E-state index < -0.39 is 6.10 Å². The minimum Gasteiger partial charge on any atom is -0.399 e. The van der Waals surface area contributed by atoms with Gasteiger partial charge in [0, 0.05) is 18.3 Å². The molecule has 84 valence electrons. The van der Waals surface area contributed by atoms with Crippen LogP contribution in [0, 0.1) is 0 Å². The molecule has 0 heterocycles. The molecule has 0 aliphatic rings. The summed E-state index contributed by atoms with van der Waals surface area (Å²) in [5.41, 5.74) is 7.20. The Labute approximate surface area is 91.3 Å². The summed E-state index contributed by atoms with van der Waals surface area (Å²) in [5.74, 6) is 0. The maximum Gasteiger partial charge on any atom is 0.0914 e. The van der Waals surface area contributed by atoms with Crippen molar-refractivity contribution in [2.75, 3.05) is 12.3 Å². The molecule has 15 heavy (non-hydrogen) atoms. The Kier molecular flexibility index (Phi) is 4.59. The Bertz CT molecular complexity index is 284. The number of hydrogen-bond acceptors (Lipinski definition) is 3. The van der Waals surface area contributed by atoms with E-state index in [1.54, 1.807) is 0 Å². The lowest BCUT2D eigenvalue weighted by Gasteiger charge is -2.16. The van der Waals surface area contributed by atoms with Gasteiger partial charge < -0.3 is 16.2 Å². The number of anilines is 1. The maximum absolute atomic E-state index is 9.85. The number of benzene rings is 1. The van der Waals surface area contributed by atoms with Gasteiger partial charge in [-0.1, -0.05) is 19.1 Å². The van der Waals surface area contributed by atoms with Crippen molar-refractivity contribution in [2.24, 2.45) is 0 Å². The Balaban J connectivity index is 2.46. The number of aliphatic hydroxyl groups excluding tert-OH is 1. The summed E-state index contributed by atoms with van der Waals surface area (Å²) in [6, 6.07) is 7.77. The maximum atomic E-state index is 9.85. The van der Waals surface area contributed by atoms with Crippen LogP contribution < -0.4 is 11.1 Å². The van der Waals surface area contributed by atoms with Crippen LogP contribution in [-0.2, 0) is 0 Å². The van der Waals surface area contributed by atoms with Crippen molar-refractivity contribution in [2.45, 2.75) is 32.4 Å². The average Bonchev–Trinajstić information content (AvgIpc) is 2.26. The van der Waals surface area contributed by atoms with E-state index in [-0.39, 0.29) is 0 Å². The van der Waals surface area contributed by atoms with Gasteiger partial charge in [-0.3, -0.25) is 0 Å². The first-order chi connectivity index (χ1) is 7.13. The summed E-state index contributed by atoms with van der Waals surface area (Å²) in [5, 5.41) is 13.1. The minimum absolute atomic E-state index is 0.438. The van der Waals surface area contributed by atoms with Gasteiger partial charge in [-0.2, -0.15) is 0 Å². The number of hydrogen-bond donors (Lipinski definition) is 3. The normalized spacial score (nSPS) is 14.9. The van der Waals surface area contributed by atoms with Crippen LogP contribution in [0.5, 0.6) is 0 Å². The van der Waals surface area contributed by atoms with Gasteiger partial charge in [0.15, 0.2) is 0 Å². The zero-order valence-corrected chi connectivity index (χ0v) is 9.40. The molecule has 0 amide bonds. The van der Waals surface area contributed by atoms with Crippen LogP contribution in [0.15, 0.2) is 24.3 Å². The van der Waals surface area contributed by atoms with Gasteiger partial charge in [0.05, 0.1) is 6.10 Å². The first-order valence-corrected chi connectivity index (χ1v) is 5.40. The van der Waals surface area contributed by atoms with Crippen molar-refractivity contribution in [3.05, 3.63) is 29.8 Å². The largest absolute Gasteiger partial charge is 0.399 e. The number of rotatable bonds is 5. The van der Waals surface area contributed by atoms with E-state index in [4.69, 9.17) is 5.73 Å². The van der Waals surface area contributed by atoms with E-state index in [1.807, 2.05) is 24.3 Å². The van der Waals surface area contributed by atoms with Crippen LogP contribution in [0.3, 0.4) is 0 Å². The molecule has 0 aromatic heterocycles. The summed E-state index contributed by atoms with van der Waals surface area (Å²) in [6.07, 6.45) is 0.605. The van der Waals surface area contributed by atoms with Crippen molar-refractivity contribution < 1.29 is 5.11 Å². The van der Waals surface area contributed by atoms with Gasteiger partial charge in [-0.25, -0.2) is 0 Å². The predicted octanol–water partition coefficient (Wildman–Crippen LogP) is 1.69. The minimum atomic E-state index is -0.459. The van der Waals surface area contributed by atoms with Gasteiger partial charge in [-0.15, -0.1) is 0 Å². The Morgan fingerprint density at radius 3 is 2.47 bits per heavy atom. The summed E-state index contributed by atoms with van der Waals surface area (Å²) >= 11 is 0. The standard InChI is InChI=1S/C12H20N2O/c1-3-9(2)14-8-12(15)10-4-6-11(13)7-5-10/h4-7,9,12,14-15H,3,8,13H2,1-2H3/t9-,12-/m1/s1. The second kappa shape index (κ2) is 5.73. The molecule has 1 aromatic rings. The molecule has 0 saturated carbocycles. The fourth-order valence-corrected chi connectivity index (χ4v) is 1.29. The zero-order chi connectivity index (χ0) is 11.3. The predicted molar refractivity (Wildman–Crippen MR) is 63.6 cm³/mol. The SMILES string of the molecule is CC[C@@H](C)NC[C@@H](O)c1ccc(N)cc1. The molecule has 0 spiro atoms. The lowest BCUT2D eigenvalue weighted by Crippen LogP contribution is -2.29. The van der Waals surface area contributed by atoms with Crippen molar-refractivity contribution in [1.29, 1.82) is 0 Å². The Hall–Kier alpha value is -1.06. The van der Waals surface area contributed by atoms with Gasteiger partial charge >= 0.3 is 0 Å². The van der Waals surface area contributed by atoms with Crippen LogP contribution in [0.2, 0.25) is 0 Å². The first-order valence-electron chi connectivity index (χ1n) is 5.40. The first kappa shape index (κ1) is 12.0. The molecule has 0 saturated heterocycles. The van der Waals surface area contributed by atoms with E-state index in [2.05, 4.69) is 19.2 Å². The molecular weight excluding hydrogens is 188 g/mol. The smallest absolute Gasteiger partial charge is 0.0914 e. The second-order valence-corrected chi connectivity index (χ2v) is 3.90. The lowest BCUT2D eigenvalue weighted by atomic mass is 10.1. The molecule has 2 atom stereocenters. The van der Waals surface area contributed by atoms with E-state index in [9.17, 15) is 5.11 Å². The highest BCUT2D eigenvalue weighted by Crippen LogP contribution is 2.13. The topological polar surface area (TPSA) is 58.3 Å². The van der Waals surface area contributed by atoms with Gasteiger partial charge in [0.2, 0.25) is 0 Å². The third-order valence-electron chi connectivity index (χ3n) is 2.59. The molecule has 0 unspecified atom stereocenters. The molecular formula is C12H20N2O. The highest BCUT2D eigenvalue weighted by Gasteiger charge is 2.07. The monoisotopic (exact) mass is 208 g/mol. The van der Waals surface area contributed by atoms with Gasteiger partial charge in [0.25, 0.3) is 0 Å². The molecule has 1 rings (SSSR count). The van der Waals surface area contributed by atoms with Crippen LogP contribution in [-0.4, -0.2) is 17.7 Å². The van der Waals surface area contributed by atoms with E-state index >= 15 is 0 Å². The highest BCUT2D eigenvalue weighted by atomic mass is 16.3. The Morgan fingerprint density at radius 2 is 1.93 bits per heavy atom. The molecule has 0 aliphatic heterocycles. The fourth-order valence-electron chi connectivity index (χ4n) is 1.29. The van der Waals surface area contributed by atoms with Gasteiger partial charge in [0.1, 0.15) is 0 Å². The summed E-state index contributed by atoms with van der Waals surface area (Å²) < 4.78 is 0. The van der Waals surface area contributed by atoms with Crippen LogP contribution in [0.25, 0.3) is 0 Å². The molecule has 3 heteroatoms. The van der Waals surface area contributed by atoms with Crippen molar-refractivity contribution in [3.8, 4) is 0 Å². The fraction of sp³-hybridized carbons (Fsp3) is 0.500. The average molecular weight is 208 g/mol. The van der Waals surface area contributed by atoms with E-state index in [0.717, 1.165) is 17.7 Å². The molecule has 0 radical (unpaired) electrons. The quantitative estimate of drug-likeness (QED) is 0.645. The van der Waals surface area contributed by atoms with E-state index in [0.29, 0.717) is 12.6 Å². The molecule has 0 aliphatic carbocycles. The molecule has 4 N–H and O–H groups in total. The van der Waals surface area contributed by atoms with Crippen LogP contribution in [0.1, 0.15) is 31.9 Å². The summed E-state index contributed by atoms with van der Waals surface area (Å²) in [6.45, 7) is 4.81. The third-order valence-corrected chi connectivity index (χ3v) is 2.59. The van der Waals surface area contributed by atoms with Crippen molar-refractivity contribution in [1.82, 2.24) is 5.32 Å². The number of nitrogens with two attached hydrogens (primary N) is 1. The van der Waals surface area contributed by atoms with E-state index in [1.165, 1.54) is 0 Å². The lowest BCUT2D eigenvalue weighted by molar-refractivity contribution is 0.170. The Morgan fingerprint density at radius 1 is 1.33 bits per heavy atom. The molecule has 0 bridgehead atoms. The highest BCUT2D eigenvalue weighted by molar-refractivity contribution is 5.39. The number of nitrogens with one attached hydrogen (secondary N) is 1. The zero-order valence-electron chi connectivity index (χ0n) is 9.40. The number of nitrogen functional groups attached to an aromatic ring is 1. The summed E-state index contributed by atoms with van der Waals surface area (Å²) in [4.78, 5) is 0. The number of aliphatic hydroxyl groups is 1. The second-order valence-electron chi connectivity index (χ2n) is 3.90. The van der Waals surface area contributed by atoms with Gasteiger partial charge in [-0.05, 0) is 31.0 Å². The molecule has 0 fully saturated rings. The summed E-state index contributed by atoms with van der Waals surface area (Å²) in [7, 11) is 0.